The third kappa shape index (κ3) is 4.37. The van der Waals surface area contributed by atoms with Gasteiger partial charge in [0.1, 0.15) is 0 Å². The molecule has 0 saturated heterocycles. The van der Waals surface area contributed by atoms with E-state index in [1.165, 1.54) is 0 Å². The molecule has 0 spiro atoms. The Labute approximate surface area is 108 Å². The molecule has 0 fully saturated rings. The molecule has 1 aromatic heterocycles. The molecule has 1 rings (SSSR count). The van der Waals surface area contributed by atoms with Crippen molar-refractivity contribution in [2.24, 2.45) is 0 Å². The number of nitrogens with one attached hydrogen (secondary N) is 2. The Bertz CT molecular complexity index is 449. The fourth-order valence-corrected chi connectivity index (χ4v) is 1.46. The van der Waals surface area contributed by atoms with Crippen molar-refractivity contribution in [3.8, 4) is 5.75 Å². The van der Waals surface area contributed by atoms with Gasteiger partial charge in [-0.15, -0.1) is 0 Å². The highest BCUT2D eigenvalue weighted by Crippen LogP contribution is 2.07. The second kappa shape index (κ2) is 7.01. The Balaban J connectivity index is 2.81. The van der Waals surface area contributed by atoms with Gasteiger partial charge < -0.3 is 15.0 Å². The Hall–Kier alpha value is -1.55. The van der Waals surface area contributed by atoms with E-state index < -0.39 is 0 Å². The van der Waals surface area contributed by atoms with Crippen LogP contribution >= 0.6 is 0 Å². The number of aromatic amines is 1. The number of hydrogen-bond acceptors (Lipinski definition) is 3. The Morgan fingerprint density at radius 3 is 2.72 bits per heavy atom. The minimum absolute atomic E-state index is 0.00496. The summed E-state index contributed by atoms with van der Waals surface area (Å²) in [6, 6.07) is 0.399. The lowest BCUT2D eigenvalue weighted by molar-refractivity contribution is 0.239. The SMILES string of the molecule is CN[C@H](C)CC=Cc1c[nH]cc(OC(C)C)c1=O. The maximum absolute atomic E-state index is 12.0. The highest BCUT2D eigenvalue weighted by Gasteiger charge is 2.05. The molecule has 1 atom stereocenters. The second-order valence-electron chi connectivity index (χ2n) is 4.60. The van der Waals surface area contributed by atoms with E-state index in [-0.39, 0.29) is 11.5 Å². The van der Waals surface area contributed by atoms with Crippen molar-refractivity contribution < 1.29 is 4.74 Å². The highest BCUT2D eigenvalue weighted by molar-refractivity contribution is 5.49. The maximum Gasteiger partial charge on any atom is 0.230 e. The third-order valence-electron chi connectivity index (χ3n) is 2.58. The quantitative estimate of drug-likeness (QED) is 0.813. The van der Waals surface area contributed by atoms with E-state index in [4.69, 9.17) is 4.74 Å². The molecule has 4 nitrogen and oxygen atoms in total. The van der Waals surface area contributed by atoms with Crippen LogP contribution in [0.25, 0.3) is 6.08 Å². The van der Waals surface area contributed by atoms with E-state index in [9.17, 15) is 4.79 Å². The first kappa shape index (κ1) is 14.5. The molecular weight excluding hydrogens is 228 g/mol. The van der Waals surface area contributed by atoms with Crippen molar-refractivity contribution in [1.82, 2.24) is 10.3 Å². The van der Waals surface area contributed by atoms with Crippen molar-refractivity contribution in [3.63, 3.8) is 0 Å². The molecule has 0 aromatic carbocycles. The standard InChI is InChI=1S/C14H22N2O2/c1-10(2)18-13-9-16-8-12(14(13)17)7-5-6-11(3)15-4/h5,7-11,15H,6H2,1-4H3,(H,16,17)/t11-/m1/s1. The zero-order valence-electron chi connectivity index (χ0n) is 11.5. The highest BCUT2D eigenvalue weighted by atomic mass is 16.5. The topological polar surface area (TPSA) is 54.1 Å². The summed E-state index contributed by atoms with van der Waals surface area (Å²) < 4.78 is 5.44. The molecule has 2 N–H and O–H groups in total. The van der Waals surface area contributed by atoms with Crippen LogP contribution in [0.1, 0.15) is 32.8 Å². The summed E-state index contributed by atoms with van der Waals surface area (Å²) in [6.45, 7) is 5.89. The molecule has 0 amide bonds. The number of H-pyrrole nitrogens is 1. The molecule has 0 aliphatic heterocycles. The van der Waals surface area contributed by atoms with E-state index in [0.29, 0.717) is 17.4 Å². The second-order valence-corrected chi connectivity index (χ2v) is 4.60. The van der Waals surface area contributed by atoms with Gasteiger partial charge in [0.25, 0.3) is 0 Å². The predicted octanol–water partition coefficient (Wildman–Crippen LogP) is 2.17. The van der Waals surface area contributed by atoms with Gasteiger partial charge in [-0.05, 0) is 34.2 Å². The summed E-state index contributed by atoms with van der Waals surface area (Å²) in [5.41, 5.74) is 0.548. The fourth-order valence-electron chi connectivity index (χ4n) is 1.46. The zero-order valence-corrected chi connectivity index (χ0v) is 11.5. The zero-order chi connectivity index (χ0) is 13.5. The minimum Gasteiger partial charge on any atom is -0.485 e. The summed E-state index contributed by atoms with van der Waals surface area (Å²) >= 11 is 0. The van der Waals surface area contributed by atoms with E-state index in [0.717, 1.165) is 6.42 Å². The summed E-state index contributed by atoms with van der Waals surface area (Å²) in [4.78, 5) is 15.0. The van der Waals surface area contributed by atoms with Gasteiger partial charge >= 0.3 is 0 Å². The van der Waals surface area contributed by atoms with Crippen LogP contribution in [0.5, 0.6) is 5.75 Å². The Kier molecular flexibility index (Phi) is 5.65. The molecule has 1 aromatic rings. The van der Waals surface area contributed by atoms with Crippen LogP contribution in [0.2, 0.25) is 0 Å². The van der Waals surface area contributed by atoms with Crippen LogP contribution in [0.15, 0.2) is 23.3 Å². The van der Waals surface area contributed by atoms with E-state index in [1.54, 1.807) is 12.4 Å². The van der Waals surface area contributed by atoms with Gasteiger partial charge in [-0.3, -0.25) is 4.79 Å². The first-order valence-electron chi connectivity index (χ1n) is 6.26. The maximum atomic E-state index is 12.0. The monoisotopic (exact) mass is 250 g/mol. The third-order valence-corrected chi connectivity index (χ3v) is 2.58. The normalized spacial score (nSPS) is 13.2. The van der Waals surface area contributed by atoms with E-state index in [1.807, 2.05) is 33.0 Å². The average Bonchev–Trinajstić information content (AvgIpc) is 2.33. The molecule has 0 aliphatic rings. The molecule has 0 unspecified atom stereocenters. The van der Waals surface area contributed by atoms with E-state index in [2.05, 4.69) is 17.2 Å². The van der Waals surface area contributed by atoms with Crippen molar-refractivity contribution in [2.75, 3.05) is 7.05 Å². The summed E-state index contributed by atoms with van der Waals surface area (Å²) in [6.07, 6.45) is 7.98. The van der Waals surface area contributed by atoms with Gasteiger partial charge in [-0.2, -0.15) is 0 Å². The molecule has 100 valence electrons. The molecule has 0 saturated carbocycles. The van der Waals surface area contributed by atoms with Crippen LogP contribution in [0.3, 0.4) is 0 Å². The molecule has 4 heteroatoms. The molecule has 18 heavy (non-hydrogen) atoms. The van der Waals surface area contributed by atoms with Gasteiger partial charge in [-0.25, -0.2) is 0 Å². The van der Waals surface area contributed by atoms with Gasteiger partial charge in [0, 0.05) is 24.0 Å². The van der Waals surface area contributed by atoms with Gasteiger partial charge in [-0.1, -0.05) is 12.2 Å². The predicted molar refractivity (Wildman–Crippen MR) is 75.0 cm³/mol. The number of ether oxygens (including phenoxy) is 1. The lowest BCUT2D eigenvalue weighted by atomic mass is 10.2. The lowest BCUT2D eigenvalue weighted by Gasteiger charge is -2.09. The number of hydrogen-bond donors (Lipinski definition) is 2. The van der Waals surface area contributed by atoms with Crippen molar-refractivity contribution in [2.45, 2.75) is 39.3 Å². The Morgan fingerprint density at radius 1 is 1.39 bits per heavy atom. The molecule has 0 aliphatic carbocycles. The van der Waals surface area contributed by atoms with Crippen molar-refractivity contribution in [1.29, 1.82) is 0 Å². The molecule has 1 heterocycles. The lowest BCUT2D eigenvalue weighted by Crippen LogP contribution is -2.19. The van der Waals surface area contributed by atoms with Crippen LogP contribution < -0.4 is 15.5 Å². The molecular formula is C14H22N2O2. The average molecular weight is 250 g/mol. The summed E-state index contributed by atoms with van der Waals surface area (Å²) in [7, 11) is 1.92. The van der Waals surface area contributed by atoms with Crippen LogP contribution in [-0.2, 0) is 0 Å². The van der Waals surface area contributed by atoms with Crippen LogP contribution in [-0.4, -0.2) is 24.2 Å². The van der Waals surface area contributed by atoms with Gasteiger partial charge in [0.2, 0.25) is 5.43 Å². The van der Waals surface area contributed by atoms with Crippen molar-refractivity contribution in [3.05, 3.63) is 34.3 Å². The van der Waals surface area contributed by atoms with Crippen LogP contribution in [0.4, 0.5) is 0 Å². The number of rotatable bonds is 6. The first-order valence-corrected chi connectivity index (χ1v) is 6.26. The smallest absolute Gasteiger partial charge is 0.230 e. The summed E-state index contributed by atoms with van der Waals surface area (Å²) in [5, 5.41) is 3.14. The number of aromatic nitrogens is 1. The first-order chi connectivity index (χ1) is 8.54. The largest absolute Gasteiger partial charge is 0.485 e. The molecule has 0 radical (unpaired) electrons. The van der Waals surface area contributed by atoms with Crippen LogP contribution in [0, 0.1) is 0 Å². The fraction of sp³-hybridized carbons (Fsp3) is 0.500. The van der Waals surface area contributed by atoms with Gasteiger partial charge in [0.15, 0.2) is 5.75 Å². The van der Waals surface area contributed by atoms with Gasteiger partial charge in [0.05, 0.1) is 6.10 Å². The van der Waals surface area contributed by atoms with E-state index >= 15 is 0 Å². The number of pyridine rings is 1. The summed E-state index contributed by atoms with van der Waals surface area (Å²) in [5.74, 6) is 0.369. The molecule has 0 bridgehead atoms. The Morgan fingerprint density at radius 2 is 2.11 bits per heavy atom. The minimum atomic E-state index is -0.0733. The van der Waals surface area contributed by atoms with Crippen molar-refractivity contribution >= 4 is 6.08 Å².